The van der Waals surface area contributed by atoms with E-state index in [1.165, 1.54) is 0 Å². The van der Waals surface area contributed by atoms with Crippen molar-refractivity contribution < 1.29 is 4.74 Å². The summed E-state index contributed by atoms with van der Waals surface area (Å²) in [5.74, 6) is 3.04. The van der Waals surface area contributed by atoms with Gasteiger partial charge in [-0.3, -0.25) is 0 Å². The largest absolute Gasteiger partial charge is 0.492 e. The third kappa shape index (κ3) is 5.19. The van der Waals surface area contributed by atoms with E-state index in [-0.39, 0.29) is 0 Å². The van der Waals surface area contributed by atoms with Gasteiger partial charge in [-0.05, 0) is 24.4 Å². The number of rotatable bonds is 8. The number of hydrogen-bond acceptors (Lipinski definition) is 3. The minimum Gasteiger partial charge on any atom is -0.492 e. The first-order valence-electron chi connectivity index (χ1n) is 5.98. The number of halogens is 1. The second-order valence-electron chi connectivity index (χ2n) is 3.54. The van der Waals surface area contributed by atoms with Crippen LogP contribution >= 0.6 is 23.4 Å². The van der Waals surface area contributed by atoms with Crippen molar-refractivity contribution in [3.63, 3.8) is 0 Å². The Balaban J connectivity index is 2.59. The summed E-state index contributed by atoms with van der Waals surface area (Å²) in [6.07, 6.45) is 0. The van der Waals surface area contributed by atoms with E-state index in [2.05, 4.69) is 19.2 Å². The molecule has 96 valence electrons. The predicted molar refractivity (Wildman–Crippen MR) is 77.3 cm³/mol. The van der Waals surface area contributed by atoms with Crippen LogP contribution < -0.4 is 10.1 Å². The van der Waals surface area contributed by atoms with Gasteiger partial charge in [0.1, 0.15) is 5.75 Å². The molecule has 0 saturated carbocycles. The number of benzene rings is 1. The monoisotopic (exact) mass is 273 g/mol. The molecule has 17 heavy (non-hydrogen) atoms. The maximum Gasteiger partial charge on any atom is 0.125 e. The van der Waals surface area contributed by atoms with Crippen LogP contribution in [0.1, 0.15) is 19.4 Å². The molecule has 0 fully saturated rings. The summed E-state index contributed by atoms with van der Waals surface area (Å²) in [5.41, 5.74) is 1.05. The third-order valence-corrected chi connectivity index (χ3v) is 3.53. The highest BCUT2D eigenvalue weighted by Gasteiger charge is 2.07. The lowest BCUT2D eigenvalue weighted by molar-refractivity contribution is 0.339. The molecule has 4 heteroatoms. The van der Waals surface area contributed by atoms with E-state index in [1.807, 2.05) is 30.0 Å². The molecule has 0 aromatic heterocycles. The number of hydrogen-bond donors (Lipinski definition) is 1. The molecule has 1 aromatic rings. The van der Waals surface area contributed by atoms with E-state index in [1.54, 1.807) is 0 Å². The van der Waals surface area contributed by atoms with Gasteiger partial charge >= 0.3 is 0 Å². The van der Waals surface area contributed by atoms with E-state index < -0.39 is 0 Å². The van der Waals surface area contributed by atoms with Crippen LogP contribution in [-0.4, -0.2) is 24.7 Å². The predicted octanol–water partition coefficient (Wildman–Crippen LogP) is 3.58. The van der Waals surface area contributed by atoms with E-state index in [0.29, 0.717) is 0 Å². The Kier molecular flexibility index (Phi) is 7.49. The zero-order valence-corrected chi connectivity index (χ0v) is 12.0. The average molecular weight is 274 g/mol. The van der Waals surface area contributed by atoms with Crippen LogP contribution in [0.3, 0.4) is 0 Å². The van der Waals surface area contributed by atoms with Crippen molar-refractivity contribution in [2.45, 2.75) is 20.4 Å². The van der Waals surface area contributed by atoms with Gasteiger partial charge in [0, 0.05) is 22.9 Å². The molecule has 0 bridgehead atoms. The Bertz CT molecular complexity index is 333. The maximum atomic E-state index is 6.18. The summed E-state index contributed by atoms with van der Waals surface area (Å²) in [7, 11) is 0. The van der Waals surface area contributed by atoms with Crippen LogP contribution in [0, 0.1) is 0 Å². The molecule has 0 unspecified atom stereocenters. The molecule has 0 spiro atoms. The van der Waals surface area contributed by atoms with Gasteiger partial charge in [-0.15, -0.1) is 0 Å². The van der Waals surface area contributed by atoms with Gasteiger partial charge in [0.05, 0.1) is 6.61 Å². The quantitative estimate of drug-likeness (QED) is 0.732. The fraction of sp³-hybridized carbons (Fsp3) is 0.538. The Morgan fingerprint density at radius 1 is 1.35 bits per heavy atom. The first-order valence-corrected chi connectivity index (χ1v) is 7.51. The lowest BCUT2D eigenvalue weighted by Gasteiger charge is -2.13. The van der Waals surface area contributed by atoms with Gasteiger partial charge in [-0.1, -0.05) is 31.5 Å². The van der Waals surface area contributed by atoms with Gasteiger partial charge in [0.25, 0.3) is 0 Å². The second kappa shape index (κ2) is 8.67. The highest BCUT2D eigenvalue weighted by molar-refractivity contribution is 7.99. The first-order chi connectivity index (χ1) is 8.29. The molecule has 2 nitrogen and oxygen atoms in total. The van der Waals surface area contributed by atoms with Crippen molar-refractivity contribution >= 4 is 23.4 Å². The lowest BCUT2D eigenvalue weighted by atomic mass is 10.2. The molecule has 0 radical (unpaired) electrons. The second-order valence-corrected chi connectivity index (χ2v) is 5.34. The van der Waals surface area contributed by atoms with Crippen LogP contribution in [0.25, 0.3) is 0 Å². The lowest BCUT2D eigenvalue weighted by Crippen LogP contribution is -2.14. The van der Waals surface area contributed by atoms with Gasteiger partial charge in [-0.25, -0.2) is 0 Å². The molecule has 0 saturated heterocycles. The van der Waals surface area contributed by atoms with Crippen molar-refractivity contribution in [2.24, 2.45) is 0 Å². The first kappa shape index (κ1) is 14.7. The minimum atomic E-state index is 0.734. The highest BCUT2D eigenvalue weighted by atomic mass is 35.5. The van der Waals surface area contributed by atoms with Crippen LogP contribution in [0.2, 0.25) is 5.02 Å². The maximum absolute atomic E-state index is 6.18. The standard InChI is InChI=1S/C13H20ClNOS/c1-3-15-10-11-12(14)6-5-7-13(11)16-8-9-17-4-2/h5-7,15H,3-4,8-10H2,1-2H3. The molecule has 0 heterocycles. The van der Waals surface area contributed by atoms with Gasteiger partial charge < -0.3 is 10.1 Å². The molecule has 0 atom stereocenters. The Morgan fingerprint density at radius 2 is 2.18 bits per heavy atom. The van der Waals surface area contributed by atoms with E-state index in [9.17, 15) is 0 Å². The van der Waals surface area contributed by atoms with Gasteiger partial charge in [0.2, 0.25) is 0 Å². The van der Waals surface area contributed by atoms with E-state index in [4.69, 9.17) is 16.3 Å². The van der Waals surface area contributed by atoms with Crippen molar-refractivity contribution in [2.75, 3.05) is 24.7 Å². The fourth-order valence-electron chi connectivity index (χ4n) is 1.45. The van der Waals surface area contributed by atoms with Crippen LogP contribution in [0.4, 0.5) is 0 Å². The number of ether oxygens (including phenoxy) is 1. The number of nitrogens with one attached hydrogen (secondary N) is 1. The van der Waals surface area contributed by atoms with E-state index >= 15 is 0 Å². The molecule has 0 amide bonds. The van der Waals surface area contributed by atoms with Gasteiger partial charge in [0.15, 0.2) is 0 Å². The van der Waals surface area contributed by atoms with Crippen molar-refractivity contribution in [1.82, 2.24) is 5.32 Å². The summed E-state index contributed by atoms with van der Waals surface area (Å²) < 4.78 is 5.77. The molecule has 1 N–H and O–H groups in total. The van der Waals surface area contributed by atoms with Crippen LogP contribution in [0.5, 0.6) is 5.75 Å². The third-order valence-electron chi connectivity index (χ3n) is 2.32. The summed E-state index contributed by atoms with van der Waals surface area (Å²) in [5, 5.41) is 4.05. The molecule has 1 aromatic carbocycles. The molecular formula is C13H20ClNOS. The fourth-order valence-corrected chi connectivity index (χ4v) is 2.17. The normalized spacial score (nSPS) is 10.5. The molecular weight excluding hydrogens is 254 g/mol. The van der Waals surface area contributed by atoms with Crippen molar-refractivity contribution in [1.29, 1.82) is 0 Å². The Labute approximate surface area is 113 Å². The highest BCUT2D eigenvalue weighted by Crippen LogP contribution is 2.26. The molecule has 0 aliphatic carbocycles. The van der Waals surface area contributed by atoms with Crippen LogP contribution in [0.15, 0.2) is 18.2 Å². The smallest absolute Gasteiger partial charge is 0.125 e. The zero-order valence-electron chi connectivity index (χ0n) is 10.5. The Hall–Kier alpha value is -0.380. The topological polar surface area (TPSA) is 21.3 Å². The SMILES string of the molecule is CCNCc1c(Cl)cccc1OCCSCC. The summed E-state index contributed by atoms with van der Waals surface area (Å²) in [6.45, 7) is 6.65. The Morgan fingerprint density at radius 3 is 2.88 bits per heavy atom. The summed E-state index contributed by atoms with van der Waals surface area (Å²) in [6, 6.07) is 5.82. The summed E-state index contributed by atoms with van der Waals surface area (Å²) >= 11 is 8.06. The molecule has 0 aliphatic heterocycles. The number of thioether (sulfide) groups is 1. The van der Waals surface area contributed by atoms with Gasteiger partial charge in [-0.2, -0.15) is 11.8 Å². The molecule has 1 rings (SSSR count). The summed E-state index contributed by atoms with van der Waals surface area (Å²) in [4.78, 5) is 0. The molecule has 0 aliphatic rings. The minimum absolute atomic E-state index is 0.734. The van der Waals surface area contributed by atoms with Crippen LogP contribution in [-0.2, 0) is 6.54 Å². The van der Waals surface area contributed by atoms with Crippen molar-refractivity contribution in [3.8, 4) is 5.75 Å². The average Bonchev–Trinajstić information content (AvgIpc) is 2.34. The zero-order chi connectivity index (χ0) is 12.5. The van der Waals surface area contributed by atoms with Crippen molar-refractivity contribution in [3.05, 3.63) is 28.8 Å². The van der Waals surface area contributed by atoms with E-state index in [0.717, 1.165) is 47.5 Å².